The van der Waals surface area contributed by atoms with Crippen LogP contribution in [0.5, 0.6) is 0 Å². The Morgan fingerprint density at radius 1 is 1.34 bits per heavy atom. The number of nitriles is 1. The van der Waals surface area contributed by atoms with Gasteiger partial charge in [0.05, 0.1) is 11.3 Å². The van der Waals surface area contributed by atoms with Crippen LogP contribution in [0.1, 0.15) is 42.2 Å². The molecule has 1 saturated heterocycles. The number of thiophene rings is 1. The summed E-state index contributed by atoms with van der Waals surface area (Å²) in [5.74, 6) is -0.656. The van der Waals surface area contributed by atoms with Gasteiger partial charge in [0.1, 0.15) is 11.1 Å². The number of anilines is 2. The van der Waals surface area contributed by atoms with Gasteiger partial charge in [-0.1, -0.05) is 30.8 Å². The number of carbonyl (C=O) groups excluding carboxylic acids is 3. The smallest absolute Gasteiger partial charge is 0.344 e. The number of hydrogen-bond donors (Lipinski definition) is 1. The van der Waals surface area contributed by atoms with E-state index in [1.807, 2.05) is 24.3 Å². The molecule has 32 heavy (non-hydrogen) atoms. The minimum absolute atomic E-state index is 0.124. The number of benzene rings is 1. The van der Waals surface area contributed by atoms with Gasteiger partial charge >= 0.3 is 5.97 Å². The molecular weight excluding hydrogens is 446 g/mol. The lowest BCUT2D eigenvalue weighted by Crippen LogP contribution is -2.48. The molecule has 1 aliphatic carbocycles. The number of thioether (sulfide) groups is 1. The van der Waals surface area contributed by atoms with Crippen LogP contribution in [-0.2, 0) is 32.0 Å². The number of amides is 2. The summed E-state index contributed by atoms with van der Waals surface area (Å²) >= 11 is 2.74. The third kappa shape index (κ3) is 3.29. The van der Waals surface area contributed by atoms with Crippen molar-refractivity contribution in [3.8, 4) is 6.07 Å². The Morgan fingerprint density at radius 3 is 2.97 bits per heavy atom. The maximum atomic E-state index is 13.1. The predicted molar refractivity (Wildman–Crippen MR) is 122 cm³/mol. The second-order valence-corrected chi connectivity index (χ2v) is 10.8. The van der Waals surface area contributed by atoms with E-state index in [1.165, 1.54) is 28.0 Å². The van der Waals surface area contributed by atoms with Gasteiger partial charge in [-0.15, -0.1) is 11.3 Å². The summed E-state index contributed by atoms with van der Waals surface area (Å²) in [4.78, 5) is 40.5. The second-order valence-electron chi connectivity index (χ2n) is 8.38. The van der Waals surface area contributed by atoms with Crippen molar-refractivity contribution in [1.82, 2.24) is 0 Å². The number of carbonyl (C=O) groups is 3. The van der Waals surface area contributed by atoms with Crippen LogP contribution in [0.2, 0.25) is 0 Å². The molecule has 2 unspecified atom stereocenters. The van der Waals surface area contributed by atoms with Crippen molar-refractivity contribution in [2.24, 2.45) is 5.92 Å². The average Bonchev–Trinajstić information content (AvgIpc) is 3.41. The van der Waals surface area contributed by atoms with Crippen molar-refractivity contribution in [2.45, 2.75) is 48.8 Å². The van der Waals surface area contributed by atoms with Gasteiger partial charge in [0.2, 0.25) is 5.91 Å². The molecule has 2 aromatic rings. The van der Waals surface area contributed by atoms with Crippen LogP contribution in [0.3, 0.4) is 0 Å². The molecule has 2 amide bonds. The van der Waals surface area contributed by atoms with Crippen LogP contribution in [0, 0.1) is 17.2 Å². The highest BCUT2D eigenvalue weighted by molar-refractivity contribution is 8.02. The third-order valence-electron chi connectivity index (χ3n) is 6.20. The molecule has 1 aromatic carbocycles. The molecule has 0 spiro atoms. The first-order chi connectivity index (χ1) is 15.4. The number of nitrogens with zero attached hydrogens (tertiary/aromatic N) is 2. The monoisotopic (exact) mass is 467 g/mol. The number of fused-ring (bicyclic) bond motifs is 4. The summed E-state index contributed by atoms with van der Waals surface area (Å²) < 4.78 is 5.39. The summed E-state index contributed by atoms with van der Waals surface area (Å²) in [6, 6.07) is 9.59. The Morgan fingerprint density at radius 2 is 2.16 bits per heavy atom. The zero-order valence-electron chi connectivity index (χ0n) is 17.5. The van der Waals surface area contributed by atoms with Crippen molar-refractivity contribution < 1.29 is 19.1 Å². The van der Waals surface area contributed by atoms with Gasteiger partial charge in [0, 0.05) is 22.6 Å². The molecule has 9 heteroatoms. The van der Waals surface area contributed by atoms with Crippen LogP contribution >= 0.6 is 23.1 Å². The number of para-hydroxylation sites is 1. The fraction of sp³-hybridized carbons (Fsp3) is 0.391. The molecule has 3 heterocycles. The van der Waals surface area contributed by atoms with Crippen LogP contribution in [-0.4, -0.2) is 29.3 Å². The van der Waals surface area contributed by atoms with Gasteiger partial charge in [-0.05, 0) is 42.9 Å². The Kier molecular flexibility index (Phi) is 5.22. The third-order valence-corrected chi connectivity index (χ3v) is 8.83. The fourth-order valence-corrected chi connectivity index (χ4v) is 7.43. The van der Waals surface area contributed by atoms with E-state index >= 15 is 0 Å². The first-order valence-electron chi connectivity index (χ1n) is 10.6. The summed E-state index contributed by atoms with van der Waals surface area (Å²) in [5, 5.41) is 12.9. The molecule has 1 aromatic heterocycles. The first-order valence-corrected chi connectivity index (χ1v) is 12.2. The molecule has 0 saturated carbocycles. The summed E-state index contributed by atoms with van der Waals surface area (Å²) in [5.41, 5.74) is 2.25. The molecule has 5 rings (SSSR count). The number of esters is 1. The van der Waals surface area contributed by atoms with E-state index in [9.17, 15) is 19.6 Å². The lowest BCUT2D eigenvalue weighted by molar-refractivity contribution is -0.149. The van der Waals surface area contributed by atoms with Crippen molar-refractivity contribution >= 4 is 51.6 Å². The highest BCUT2D eigenvalue weighted by Gasteiger charge is 2.58. The van der Waals surface area contributed by atoms with Gasteiger partial charge in [0.15, 0.2) is 11.5 Å². The van der Waals surface area contributed by atoms with Crippen LogP contribution in [0.25, 0.3) is 0 Å². The molecule has 164 valence electrons. The van der Waals surface area contributed by atoms with Gasteiger partial charge in [-0.2, -0.15) is 5.26 Å². The van der Waals surface area contributed by atoms with Gasteiger partial charge in [-0.3, -0.25) is 14.5 Å². The van der Waals surface area contributed by atoms with E-state index in [-0.39, 0.29) is 12.3 Å². The van der Waals surface area contributed by atoms with E-state index in [2.05, 4.69) is 18.3 Å². The molecule has 2 atom stereocenters. The SMILES string of the molecule is CC1CCc2c(sc(NC(=O)COC(=O)C34CCC(=O)N3c3ccccc3S4)c2C#N)C1. The van der Waals surface area contributed by atoms with Gasteiger partial charge in [0.25, 0.3) is 5.91 Å². The Labute approximate surface area is 193 Å². The second kappa shape index (κ2) is 7.94. The fourth-order valence-electron chi connectivity index (χ4n) is 4.64. The Hall–Kier alpha value is -2.83. The highest BCUT2D eigenvalue weighted by atomic mass is 32.2. The minimum Gasteiger partial charge on any atom is -0.453 e. The zero-order chi connectivity index (χ0) is 22.5. The maximum Gasteiger partial charge on any atom is 0.344 e. The van der Waals surface area contributed by atoms with E-state index in [1.54, 1.807) is 0 Å². The first kappa shape index (κ1) is 21.0. The van der Waals surface area contributed by atoms with Crippen LogP contribution in [0.4, 0.5) is 10.7 Å². The summed E-state index contributed by atoms with van der Waals surface area (Å²) in [6.45, 7) is 1.71. The molecule has 1 fully saturated rings. The minimum atomic E-state index is -1.16. The van der Waals surface area contributed by atoms with Crippen LogP contribution in [0.15, 0.2) is 29.2 Å². The zero-order valence-corrected chi connectivity index (χ0v) is 19.1. The molecular formula is C23H21N3O4S2. The summed E-state index contributed by atoms with van der Waals surface area (Å²) in [6.07, 6.45) is 3.36. The van der Waals surface area contributed by atoms with E-state index in [0.717, 1.165) is 34.6 Å². The average molecular weight is 468 g/mol. The molecule has 2 aliphatic heterocycles. The number of ether oxygens (including phenoxy) is 1. The van der Waals surface area contributed by atoms with E-state index in [0.29, 0.717) is 28.6 Å². The van der Waals surface area contributed by atoms with E-state index < -0.39 is 23.4 Å². The van der Waals surface area contributed by atoms with Gasteiger partial charge < -0.3 is 10.1 Å². The predicted octanol–water partition coefficient (Wildman–Crippen LogP) is 3.86. The molecule has 0 bridgehead atoms. The molecule has 7 nitrogen and oxygen atoms in total. The molecule has 3 aliphatic rings. The van der Waals surface area contributed by atoms with E-state index in [4.69, 9.17) is 4.74 Å². The van der Waals surface area contributed by atoms with Crippen molar-refractivity contribution in [3.63, 3.8) is 0 Å². The quantitative estimate of drug-likeness (QED) is 0.686. The number of rotatable bonds is 4. The van der Waals surface area contributed by atoms with Crippen molar-refractivity contribution in [2.75, 3.05) is 16.8 Å². The Balaban J connectivity index is 1.28. The molecule has 0 radical (unpaired) electrons. The normalized spacial score (nSPS) is 23.2. The topological polar surface area (TPSA) is 99.5 Å². The standard InChI is InChI=1S/C23H21N3O4S2/c1-13-6-7-14-15(11-24)21(31-18(14)10-13)25-19(27)12-30-22(29)23-9-8-20(28)26(23)16-4-2-3-5-17(16)32-23/h2-5,13H,6-10,12H2,1H3,(H,25,27). The molecule has 1 N–H and O–H groups in total. The largest absolute Gasteiger partial charge is 0.453 e. The van der Waals surface area contributed by atoms with Crippen molar-refractivity contribution in [1.29, 1.82) is 5.26 Å². The van der Waals surface area contributed by atoms with Crippen molar-refractivity contribution in [3.05, 3.63) is 40.3 Å². The number of hydrogen-bond acceptors (Lipinski definition) is 7. The number of nitrogens with one attached hydrogen (secondary N) is 1. The van der Waals surface area contributed by atoms with Crippen LogP contribution < -0.4 is 10.2 Å². The maximum absolute atomic E-state index is 13.1. The lowest BCUT2D eigenvalue weighted by Gasteiger charge is -2.28. The summed E-state index contributed by atoms with van der Waals surface area (Å²) in [7, 11) is 0. The van der Waals surface area contributed by atoms with Gasteiger partial charge in [-0.25, -0.2) is 4.79 Å². The highest BCUT2D eigenvalue weighted by Crippen LogP contribution is 2.56. The Bertz CT molecular complexity index is 1180. The lowest BCUT2D eigenvalue weighted by atomic mass is 9.89.